The summed E-state index contributed by atoms with van der Waals surface area (Å²) in [5, 5.41) is 11.0. The number of rotatable bonds is 13. The van der Waals surface area contributed by atoms with Crippen molar-refractivity contribution < 1.29 is 33.5 Å². The molecule has 2 atom stereocenters. The Morgan fingerprint density at radius 1 is 0.639 bits per heavy atom. The van der Waals surface area contributed by atoms with Gasteiger partial charge < -0.3 is 35.9 Å². The molecule has 1 radical (unpaired) electrons. The average molecular weight is 1300 g/mol. The molecule has 0 aromatic heterocycles. The molecule has 0 heterocycles. The summed E-state index contributed by atoms with van der Waals surface area (Å²) in [4.78, 5) is 32.2. The van der Waals surface area contributed by atoms with Crippen LogP contribution in [-0.2, 0) is 36.7 Å². The van der Waals surface area contributed by atoms with Gasteiger partial charge in [0, 0.05) is 29.8 Å². The number of nitrogens with two attached hydrogens (primary N) is 2. The Balaban J connectivity index is 0.000000239. The largest absolute Gasteiger partial charge is 0.569 e. The number of hydrogen-bond donors (Lipinski definition) is 4. The minimum absolute atomic E-state index is 0.0126. The number of primary amides is 2. The quantitative estimate of drug-likeness (QED) is 0.0507. The predicted molar refractivity (Wildman–Crippen MR) is 317 cm³/mol. The van der Waals surface area contributed by atoms with Gasteiger partial charge in [-0.25, -0.2) is 0 Å². The number of methoxy groups -OCH3 is 2. The lowest BCUT2D eigenvalue weighted by Gasteiger charge is -2.26. The van der Waals surface area contributed by atoms with Gasteiger partial charge in [0.1, 0.15) is 5.76 Å². The number of nitrogens with one attached hydrogen (secondary N) is 1. The summed E-state index contributed by atoms with van der Waals surface area (Å²) in [7, 11) is 3.98. The molecule has 0 spiro atoms. The minimum atomic E-state index is -0.299. The first-order chi connectivity index (χ1) is 34.7. The first-order valence-corrected chi connectivity index (χ1v) is 25.8. The molecular weight excluding hydrogens is 1240 g/mol. The van der Waals surface area contributed by atoms with Crippen molar-refractivity contribution in [2.45, 2.75) is 45.3 Å². The van der Waals surface area contributed by atoms with E-state index in [4.69, 9.17) is 26.0 Å². The average Bonchev–Trinajstić information content (AvgIpc) is 3.39. The van der Waals surface area contributed by atoms with Crippen LogP contribution in [-0.4, -0.2) is 51.3 Å². The van der Waals surface area contributed by atoms with Crippen LogP contribution in [0.4, 0.5) is 0 Å². The Labute approximate surface area is 466 Å². The summed E-state index contributed by atoms with van der Waals surface area (Å²) in [6.45, 7) is 4.13. The molecule has 1 aliphatic rings. The summed E-state index contributed by atoms with van der Waals surface area (Å²) in [5.41, 5.74) is 18.9. The molecule has 1 aliphatic carbocycles. The van der Waals surface area contributed by atoms with Crippen LogP contribution >= 0.6 is 67.8 Å². The molecule has 0 aliphatic heterocycles. The smallest absolute Gasteiger partial charge is 0.537 e. The lowest BCUT2D eigenvalue weighted by atomic mass is 9.92. The molecule has 10 nitrogen and oxygen atoms in total. The number of aryl methyl sites for hydroxylation is 2. The van der Waals surface area contributed by atoms with Gasteiger partial charge in [0.15, 0.2) is 0 Å². The van der Waals surface area contributed by atoms with E-state index < -0.39 is 0 Å². The number of amides is 3. The number of ether oxygens (including phenoxy) is 2. The molecule has 7 aromatic rings. The van der Waals surface area contributed by atoms with E-state index in [2.05, 4.69) is 133 Å². The molecule has 0 saturated heterocycles. The maximum absolute atomic E-state index is 11.0. The fourth-order valence-corrected chi connectivity index (χ4v) is 7.58. The van der Waals surface area contributed by atoms with Gasteiger partial charge >= 0.3 is 7.69 Å². The van der Waals surface area contributed by atoms with Crippen LogP contribution in [0, 0.1) is 24.6 Å². The fraction of sp³-hybridized carbons (Fsp3) is 0.155. The highest BCUT2D eigenvalue weighted by molar-refractivity contribution is 14.1. The van der Waals surface area contributed by atoms with Crippen LogP contribution in [0.1, 0.15) is 40.3 Å². The van der Waals surface area contributed by atoms with Gasteiger partial charge in [0.25, 0.3) is 0 Å². The normalized spacial score (nSPS) is 12.2. The number of benzene rings is 7. The van der Waals surface area contributed by atoms with Crippen molar-refractivity contribution in [1.29, 1.82) is 0 Å². The maximum atomic E-state index is 11.0. The van der Waals surface area contributed by atoms with E-state index in [9.17, 15) is 14.4 Å². The molecule has 373 valence electrons. The first-order valence-electron chi connectivity index (χ1n) is 22.5. The topological polar surface area (TPSA) is 163 Å². The Bertz CT molecular complexity index is 2660. The van der Waals surface area contributed by atoms with Gasteiger partial charge in [-0.15, -0.1) is 0 Å². The van der Waals surface area contributed by atoms with E-state index in [-0.39, 0.29) is 24.0 Å². The third-order valence-corrected chi connectivity index (χ3v) is 12.3. The van der Waals surface area contributed by atoms with Gasteiger partial charge in [0.05, 0.1) is 37.8 Å². The fourth-order valence-electron chi connectivity index (χ4n) is 6.44. The van der Waals surface area contributed by atoms with Crippen molar-refractivity contribution >= 4 is 93.7 Å². The summed E-state index contributed by atoms with van der Waals surface area (Å²) >= 11 is 6.79. The third-order valence-electron chi connectivity index (χ3n) is 10.1. The Kier molecular flexibility index (Phi) is 29.7. The van der Waals surface area contributed by atoms with Gasteiger partial charge in [-0.3, -0.25) is 14.4 Å². The van der Waals surface area contributed by atoms with Crippen LogP contribution in [0.2, 0.25) is 0 Å². The highest BCUT2D eigenvalue weighted by Crippen LogP contribution is 2.31. The van der Waals surface area contributed by atoms with Crippen LogP contribution in [0.3, 0.4) is 0 Å². The zero-order valence-electron chi connectivity index (χ0n) is 40.7. The van der Waals surface area contributed by atoms with Gasteiger partial charge in [-0.05, 0) is 158 Å². The second-order valence-corrected chi connectivity index (χ2v) is 19.4. The SMILES string of the molecule is COC1=C(C(NC=O)c2ccc(C)cc2)C=CC(OC)C1.Cc1ccc(I)cc1.Ic1ccccc1.NC(=O)Cc1ccc(-c2ccccc2)cc1.NC(=O)Cc1ccc(I)cc1.O[B]Oc1ccccc1. The van der Waals surface area contributed by atoms with Crippen molar-refractivity contribution in [2.75, 3.05) is 14.2 Å². The molecule has 0 bridgehead atoms. The van der Waals surface area contributed by atoms with E-state index in [1.807, 2.05) is 146 Å². The van der Waals surface area contributed by atoms with E-state index >= 15 is 0 Å². The molecule has 0 fully saturated rings. The molecule has 14 heteroatoms. The zero-order chi connectivity index (χ0) is 52.5. The summed E-state index contributed by atoms with van der Waals surface area (Å²) in [6, 6.07) is 61.4. The Hall–Kier alpha value is -5.80. The summed E-state index contributed by atoms with van der Waals surface area (Å²) < 4.78 is 19.2. The second-order valence-electron chi connectivity index (χ2n) is 15.7. The second kappa shape index (κ2) is 35.3. The summed E-state index contributed by atoms with van der Waals surface area (Å²) in [5.74, 6) is 0.892. The van der Waals surface area contributed by atoms with Crippen LogP contribution in [0.5, 0.6) is 5.75 Å². The van der Waals surface area contributed by atoms with Crippen molar-refractivity contribution in [1.82, 2.24) is 5.32 Å². The number of carbonyl (C=O) groups is 3. The molecule has 0 saturated carbocycles. The Morgan fingerprint density at radius 2 is 1.07 bits per heavy atom. The lowest BCUT2D eigenvalue weighted by molar-refractivity contribution is -0.118. The molecule has 6 N–H and O–H groups in total. The summed E-state index contributed by atoms with van der Waals surface area (Å²) in [6.07, 6.45) is 6.00. The molecule has 72 heavy (non-hydrogen) atoms. The van der Waals surface area contributed by atoms with E-state index in [1.165, 1.54) is 23.8 Å². The highest BCUT2D eigenvalue weighted by atomic mass is 127. The maximum Gasteiger partial charge on any atom is 0.569 e. The van der Waals surface area contributed by atoms with Crippen LogP contribution in [0.25, 0.3) is 11.1 Å². The van der Waals surface area contributed by atoms with Gasteiger partial charge in [0.2, 0.25) is 18.2 Å². The van der Waals surface area contributed by atoms with Crippen molar-refractivity contribution in [2.24, 2.45) is 11.5 Å². The molecule has 2 unspecified atom stereocenters. The molecule has 3 amide bonds. The minimum Gasteiger partial charge on any atom is -0.537 e. The van der Waals surface area contributed by atoms with Crippen molar-refractivity contribution in [3.63, 3.8) is 0 Å². The highest BCUT2D eigenvalue weighted by Gasteiger charge is 2.24. The van der Waals surface area contributed by atoms with Gasteiger partial charge in [-0.2, -0.15) is 0 Å². The molecular formula is C58H60BI3N3O7. The predicted octanol–water partition coefficient (Wildman–Crippen LogP) is 11.8. The Morgan fingerprint density at radius 3 is 1.49 bits per heavy atom. The third kappa shape index (κ3) is 25.0. The van der Waals surface area contributed by atoms with Crippen molar-refractivity contribution in [3.8, 4) is 16.9 Å². The van der Waals surface area contributed by atoms with E-state index in [0.717, 1.165) is 43.6 Å². The number of carbonyl (C=O) groups excluding carboxylic acids is 3. The van der Waals surface area contributed by atoms with Gasteiger partial charge in [-0.1, -0.05) is 163 Å². The monoisotopic (exact) mass is 1300 g/mol. The molecule has 7 aromatic carbocycles. The van der Waals surface area contributed by atoms with Crippen molar-refractivity contribution in [3.05, 3.63) is 250 Å². The number of halogens is 3. The standard InChI is InChI=1S/C17H21NO3.C14H13NO.C8H8INO.C7H7I.C6H6BO2.C6H5I/c1-12-4-6-13(7-5-12)17(18-11-19)15-9-8-14(20-2)10-16(15)21-3;15-14(16)10-11-6-8-13(9-7-11)12-4-2-1-3-5-12;9-7-3-1-6(2-4-7)5-8(10)11;1-6-2-4-7(8)5-3-6;8-7-9-6-4-2-1-3-5-6;7-6-4-2-1-3-5-6/h4-9,11,14,17H,10H2,1-3H3,(H,18,19);1-9H,10H2,(H2,15,16);1-4H,5H2,(H2,10,11);2-5H,1H3;1-5,8H;1-5H. The number of hydrogen-bond acceptors (Lipinski definition) is 7. The van der Waals surface area contributed by atoms with Crippen LogP contribution < -0.4 is 21.4 Å². The number of para-hydroxylation sites is 1. The first kappa shape index (κ1) is 60.5. The zero-order valence-corrected chi connectivity index (χ0v) is 47.1. The van der Waals surface area contributed by atoms with E-state index in [0.29, 0.717) is 32.7 Å². The lowest BCUT2D eigenvalue weighted by Crippen LogP contribution is -2.25. The molecule has 8 rings (SSSR count). The van der Waals surface area contributed by atoms with E-state index in [1.54, 1.807) is 26.4 Å². The van der Waals surface area contributed by atoms with Crippen LogP contribution in [0.15, 0.2) is 212 Å².